The molecular weight excluding hydrogens is 197 g/mol. The highest BCUT2D eigenvalue weighted by Gasteiger charge is 2.43. The number of aliphatic imine (C=N–C) groups is 1. The number of carboxylic acid groups (broad SMARTS) is 1. The molecule has 0 aliphatic carbocycles. The fourth-order valence-electron chi connectivity index (χ4n) is 1.13. The maximum Gasteiger partial charge on any atom is 0.412 e. The van der Waals surface area contributed by atoms with Crippen LogP contribution >= 0.6 is 7.94 Å². The third-order valence-corrected chi connectivity index (χ3v) is 3.19. The van der Waals surface area contributed by atoms with E-state index in [9.17, 15) is 4.79 Å². The molecule has 1 rings (SSSR count). The topological polar surface area (TPSA) is 110 Å². The molecule has 2 unspecified atom stereocenters. The highest BCUT2D eigenvalue weighted by atomic mass is 31.2. The monoisotopic (exact) mass is 208 g/mol. The Bertz CT molecular complexity index is 236. The summed E-state index contributed by atoms with van der Waals surface area (Å²) >= 11 is 0. The zero-order valence-electron chi connectivity index (χ0n) is 6.74. The second-order valence-electron chi connectivity index (χ2n) is 2.91. The van der Waals surface area contributed by atoms with Crippen LogP contribution in [-0.4, -0.2) is 43.7 Å². The minimum atomic E-state index is -3.89. The Morgan fingerprint density at radius 1 is 1.38 bits per heavy atom. The zero-order chi connectivity index (χ0) is 10.1. The molecule has 0 saturated carbocycles. The first kappa shape index (κ1) is 10.5. The molecule has 0 spiro atoms. The van der Waals surface area contributed by atoms with Gasteiger partial charge in [0.25, 0.3) is 0 Å². The summed E-state index contributed by atoms with van der Waals surface area (Å²) in [5.41, 5.74) is -0.803. The Hall–Kier alpha value is -0.550. The maximum atomic E-state index is 10.4. The van der Waals surface area contributed by atoms with E-state index in [1.165, 1.54) is 0 Å². The predicted octanol–water partition coefficient (Wildman–Crippen LogP) is -0.588. The molecule has 0 amide bonds. The van der Waals surface area contributed by atoms with Crippen LogP contribution in [0.3, 0.4) is 0 Å². The van der Waals surface area contributed by atoms with Gasteiger partial charge in [-0.05, 0) is 12.8 Å². The summed E-state index contributed by atoms with van der Waals surface area (Å²) in [4.78, 5) is 40.6. The Morgan fingerprint density at radius 2 is 2.00 bits per heavy atom. The zero-order valence-corrected chi connectivity index (χ0v) is 7.63. The highest BCUT2D eigenvalue weighted by molar-refractivity contribution is 7.60. The fourth-order valence-corrected chi connectivity index (χ4v) is 1.88. The van der Waals surface area contributed by atoms with Crippen LogP contribution in [0.15, 0.2) is 4.99 Å². The summed E-state index contributed by atoms with van der Waals surface area (Å²) in [5, 5.41) is 8.54. The SMILES string of the molecule is O=C(O)C1CCC([P+](O)(O)O)C=N1. The average molecular weight is 208 g/mol. The van der Waals surface area contributed by atoms with Crippen molar-refractivity contribution in [3.8, 4) is 0 Å². The lowest BCUT2D eigenvalue weighted by atomic mass is 10.1. The third-order valence-electron chi connectivity index (χ3n) is 1.90. The minimum Gasteiger partial charge on any atom is -0.480 e. The van der Waals surface area contributed by atoms with E-state index >= 15 is 0 Å². The molecule has 0 aromatic carbocycles. The molecule has 1 aliphatic heterocycles. The molecule has 0 radical (unpaired) electrons. The van der Waals surface area contributed by atoms with E-state index in [4.69, 9.17) is 19.8 Å². The summed E-state index contributed by atoms with van der Waals surface area (Å²) in [7, 11) is -3.89. The fraction of sp³-hybridized carbons (Fsp3) is 0.667. The van der Waals surface area contributed by atoms with Crippen LogP contribution in [-0.2, 0) is 4.79 Å². The predicted molar refractivity (Wildman–Crippen MR) is 46.5 cm³/mol. The van der Waals surface area contributed by atoms with Gasteiger partial charge in [0.15, 0.2) is 5.66 Å². The average Bonchev–Trinajstić information content (AvgIpc) is 2.03. The molecule has 0 fully saturated rings. The lowest BCUT2D eigenvalue weighted by Crippen LogP contribution is -2.28. The van der Waals surface area contributed by atoms with Crippen molar-refractivity contribution in [2.24, 2.45) is 4.99 Å². The van der Waals surface area contributed by atoms with Crippen molar-refractivity contribution in [3.05, 3.63) is 0 Å². The second kappa shape index (κ2) is 3.67. The lowest BCUT2D eigenvalue weighted by molar-refractivity contribution is -0.138. The number of hydrogen-bond donors (Lipinski definition) is 4. The van der Waals surface area contributed by atoms with Gasteiger partial charge in [0.1, 0.15) is 6.04 Å². The lowest BCUT2D eigenvalue weighted by Gasteiger charge is -2.19. The van der Waals surface area contributed by atoms with Gasteiger partial charge in [0.2, 0.25) is 0 Å². The van der Waals surface area contributed by atoms with Crippen molar-refractivity contribution >= 4 is 20.1 Å². The van der Waals surface area contributed by atoms with E-state index in [0.717, 1.165) is 6.21 Å². The van der Waals surface area contributed by atoms with Crippen molar-refractivity contribution in [2.75, 3.05) is 0 Å². The summed E-state index contributed by atoms with van der Waals surface area (Å²) in [6, 6.07) is -0.817. The van der Waals surface area contributed by atoms with Gasteiger partial charge >= 0.3 is 13.9 Å². The van der Waals surface area contributed by atoms with Crippen molar-refractivity contribution in [2.45, 2.75) is 24.5 Å². The molecule has 6 nitrogen and oxygen atoms in total. The van der Waals surface area contributed by atoms with Crippen LogP contribution in [0.1, 0.15) is 12.8 Å². The molecule has 7 heteroatoms. The van der Waals surface area contributed by atoms with Gasteiger partial charge < -0.3 is 5.11 Å². The van der Waals surface area contributed by atoms with Gasteiger partial charge in [-0.2, -0.15) is 14.7 Å². The first-order chi connectivity index (χ1) is 5.91. The Labute approximate surface area is 75.1 Å². The number of nitrogens with zero attached hydrogens (tertiary/aromatic N) is 1. The molecule has 13 heavy (non-hydrogen) atoms. The van der Waals surface area contributed by atoms with Crippen LogP contribution < -0.4 is 0 Å². The Balaban J connectivity index is 2.62. The molecular formula is C6H11NO5P+. The molecule has 0 aromatic rings. The van der Waals surface area contributed by atoms with E-state index in [1.54, 1.807) is 0 Å². The normalized spacial score (nSPS) is 28.8. The molecule has 0 saturated heterocycles. The van der Waals surface area contributed by atoms with Crippen LogP contribution in [0.5, 0.6) is 0 Å². The number of carbonyl (C=O) groups is 1. The molecule has 0 aromatic heterocycles. The van der Waals surface area contributed by atoms with Crippen molar-refractivity contribution in [3.63, 3.8) is 0 Å². The first-order valence-corrected chi connectivity index (χ1v) is 5.46. The number of carboxylic acids is 1. The summed E-state index contributed by atoms with van der Waals surface area (Å²) in [6.45, 7) is 0. The van der Waals surface area contributed by atoms with Crippen LogP contribution in [0.2, 0.25) is 0 Å². The van der Waals surface area contributed by atoms with Gasteiger partial charge in [-0.25, -0.2) is 4.79 Å². The molecule has 74 valence electrons. The van der Waals surface area contributed by atoms with E-state index in [1.807, 2.05) is 0 Å². The van der Waals surface area contributed by atoms with Gasteiger partial charge in [0, 0.05) is 6.21 Å². The number of rotatable bonds is 2. The molecule has 0 bridgehead atoms. The van der Waals surface area contributed by atoms with Gasteiger partial charge in [-0.3, -0.25) is 4.99 Å². The molecule has 1 aliphatic rings. The highest BCUT2D eigenvalue weighted by Crippen LogP contribution is 2.52. The van der Waals surface area contributed by atoms with E-state index in [2.05, 4.69) is 4.99 Å². The molecule has 2 atom stereocenters. The van der Waals surface area contributed by atoms with Gasteiger partial charge in [-0.15, -0.1) is 0 Å². The summed E-state index contributed by atoms with van der Waals surface area (Å²) in [6.07, 6.45) is 1.58. The van der Waals surface area contributed by atoms with E-state index in [-0.39, 0.29) is 12.8 Å². The van der Waals surface area contributed by atoms with E-state index < -0.39 is 25.6 Å². The Morgan fingerprint density at radius 3 is 2.31 bits per heavy atom. The minimum absolute atomic E-state index is 0.222. The largest absolute Gasteiger partial charge is 0.480 e. The van der Waals surface area contributed by atoms with Crippen LogP contribution in [0, 0.1) is 0 Å². The van der Waals surface area contributed by atoms with Crippen molar-refractivity contribution < 1.29 is 24.6 Å². The van der Waals surface area contributed by atoms with Crippen molar-refractivity contribution in [1.29, 1.82) is 0 Å². The van der Waals surface area contributed by atoms with Crippen LogP contribution in [0.4, 0.5) is 0 Å². The Kier molecular flexibility index (Phi) is 2.98. The quantitative estimate of drug-likeness (QED) is 0.453. The smallest absolute Gasteiger partial charge is 0.412 e. The molecule has 1 heterocycles. The first-order valence-electron chi connectivity index (χ1n) is 3.74. The summed E-state index contributed by atoms with van der Waals surface area (Å²) in [5.74, 6) is -1.03. The molecule has 4 N–H and O–H groups in total. The van der Waals surface area contributed by atoms with Crippen molar-refractivity contribution in [1.82, 2.24) is 0 Å². The van der Waals surface area contributed by atoms with Gasteiger partial charge in [-0.1, -0.05) is 0 Å². The second-order valence-corrected chi connectivity index (χ2v) is 4.80. The number of aliphatic carboxylic acids is 1. The maximum absolute atomic E-state index is 10.4. The third kappa shape index (κ3) is 2.70. The van der Waals surface area contributed by atoms with Gasteiger partial charge in [0.05, 0.1) is 0 Å². The standard InChI is InChI=1S/C6H10NO5P/c8-6(9)5-2-1-4(3-7-5)13(10,11)12/h3-5,10-12H,1-2H2/p+1. The van der Waals surface area contributed by atoms with E-state index in [0.29, 0.717) is 0 Å². The summed E-state index contributed by atoms with van der Waals surface area (Å²) < 4.78 is 0. The van der Waals surface area contributed by atoms with Crippen LogP contribution in [0.25, 0.3) is 0 Å². The number of hydrogen-bond acceptors (Lipinski definition) is 5.